The van der Waals surface area contributed by atoms with Gasteiger partial charge in [-0.2, -0.15) is 0 Å². The molecule has 8 heteroatoms. The molecule has 0 bridgehead atoms. The number of hydrogen-bond donors (Lipinski definition) is 0. The number of aryl methyl sites for hydroxylation is 2. The van der Waals surface area contributed by atoms with Crippen molar-refractivity contribution in [2.45, 2.75) is 20.8 Å². The number of nitrogens with zero attached hydrogens (tertiary/aromatic N) is 4. The molecule has 0 aliphatic heterocycles. The van der Waals surface area contributed by atoms with Crippen LogP contribution in [-0.4, -0.2) is 19.8 Å². The molecule has 0 saturated heterocycles. The largest absolute Gasteiger partial charge is 0.306 e. The number of nitro benzene ring substituents is 2. The van der Waals surface area contributed by atoms with Crippen LogP contribution >= 0.6 is 0 Å². The van der Waals surface area contributed by atoms with Gasteiger partial charge in [-0.3, -0.25) is 20.2 Å². The van der Waals surface area contributed by atoms with E-state index in [4.69, 9.17) is 0 Å². The predicted molar refractivity (Wildman–Crippen MR) is 67.1 cm³/mol. The zero-order chi connectivity index (χ0) is 14.3. The van der Waals surface area contributed by atoms with E-state index in [9.17, 15) is 20.2 Å². The minimum Gasteiger partial charge on any atom is -0.258 e. The Labute approximate surface area is 107 Å². The van der Waals surface area contributed by atoms with Crippen molar-refractivity contribution in [1.29, 1.82) is 0 Å². The third kappa shape index (κ3) is 1.96. The van der Waals surface area contributed by atoms with Crippen LogP contribution in [0.2, 0.25) is 0 Å². The second kappa shape index (κ2) is 4.23. The monoisotopic (exact) mass is 262 g/mol. The third-order valence-electron chi connectivity index (χ3n) is 2.95. The number of benzene rings is 1. The summed E-state index contributed by atoms with van der Waals surface area (Å²) < 4.78 is 0. The van der Waals surface area contributed by atoms with Gasteiger partial charge in [0, 0.05) is 6.07 Å². The molecule has 8 nitrogen and oxygen atoms in total. The molecule has 19 heavy (non-hydrogen) atoms. The van der Waals surface area contributed by atoms with Gasteiger partial charge in [-0.25, -0.2) is 9.97 Å². The van der Waals surface area contributed by atoms with Gasteiger partial charge in [0.1, 0.15) is 11.1 Å². The average molecular weight is 262 g/mol. The second-order valence-corrected chi connectivity index (χ2v) is 4.15. The van der Waals surface area contributed by atoms with Gasteiger partial charge in [0.2, 0.25) is 0 Å². The SMILES string of the molecule is Cc1nc2cc([N+](=O)[O-])c(C)c([N+](=O)[O-])c2nc1C. The molecule has 0 unspecified atom stereocenters. The highest BCUT2D eigenvalue weighted by molar-refractivity contribution is 5.89. The van der Waals surface area contributed by atoms with E-state index in [-0.39, 0.29) is 28.0 Å². The van der Waals surface area contributed by atoms with Gasteiger partial charge in [-0.05, 0) is 20.8 Å². The van der Waals surface area contributed by atoms with Crippen LogP contribution < -0.4 is 0 Å². The Morgan fingerprint density at radius 2 is 1.58 bits per heavy atom. The molecule has 0 saturated carbocycles. The van der Waals surface area contributed by atoms with E-state index in [1.165, 1.54) is 13.0 Å². The molecule has 0 spiro atoms. The summed E-state index contributed by atoms with van der Waals surface area (Å²) in [5, 5.41) is 22.0. The van der Waals surface area contributed by atoms with Crippen LogP contribution in [0, 0.1) is 41.0 Å². The molecule has 0 radical (unpaired) electrons. The van der Waals surface area contributed by atoms with Crippen molar-refractivity contribution in [3.8, 4) is 0 Å². The lowest BCUT2D eigenvalue weighted by molar-refractivity contribution is -0.394. The fourth-order valence-electron chi connectivity index (χ4n) is 1.85. The standard InChI is InChI=1S/C11H10N4O4/c1-5-9(14(16)17)4-8-10(11(5)15(18)19)13-7(3)6(2)12-8/h4H,1-3H3. The van der Waals surface area contributed by atoms with E-state index in [2.05, 4.69) is 9.97 Å². The highest BCUT2D eigenvalue weighted by Crippen LogP contribution is 2.34. The topological polar surface area (TPSA) is 112 Å². The Morgan fingerprint density at radius 1 is 1.00 bits per heavy atom. The summed E-state index contributed by atoms with van der Waals surface area (Å²) in [6.07, 6.45) is 0. The van der Waals surface area contributed by atoms with E-state index in [1.807, 2.05) is 0 Å². The lowest BCUT2D eigenvalue weighted by Gasteiger charge is -2.05. The summed E-state index contributed by atoms with van der Waals surface area (Å²) >= 11 is 0. The molecule has 0 atom stereocenters. The molecule has 0 aliphatic carbocycles. The Kier molecular flexibility index (Phi) is 2.85. The molecule has 0 fully saturated rings. The van der Waals surface area contributed by atoms with E-state index in [0.717, 1.165) is 0 Å². The van der Waals surface area contributed by atoms with Gasteiger partial charge < -0.3 is 0 Å². The number of aromatic nitrogens is 2. The molecule has 0 N–H and O–H groups in total. The zero-order valence-electron chi connectivity index (χ0n) is 10.5. The summed E-state index contributed by atoms with van der Waals surface area (Å²) in [4.78, 5) is 29.0. The van der Waals surface area contributed by atoms with Crippen molar-refractivity contribution in [3.63, 3.8) is 0 Å². The maximum absolute atomic E-state index is 11.1. The number of hydrogen-bond acceptors (Lipinski definition) is 6. The Hall–Kier alpha value is -2.64. The molecular formula is C11H10N4O4. The van der Waals surface area contributed by atoms with Crippen LogP contribution in [-0.2, 0) is 0 Å². The minimum atomic E-state index is -0.659. The maximum Gasteiger partial charge on any atom is 0.306 e. The first-order valence-corrected chi connectivity index (χ1v) is 5.40. The molecule has 98 valence electrons. The third-order valence-corrected chi connectivity index (χ3v) is 2.95. The molecule has 1 aromatic heterocycles. The molecule has 2 aromatic rings. The molecule has 0 aliphatic rings. The molecule has 0 amide bonds. The van der Waals surface area contributed by atoms with Gasteiger partial charge in [-0.15, -0.1) is 0 Å². The lowest BCUT2D eigenvalue weighted by Crippen LogP contribution is -2.03. The summed E-state index contributed by atoms with van der Waals surface area (Å²) in [6, 6.07) is 1.22. The predicted octanol–water partition coefficient (Wildman–Crippen LogP) is 2.37. The first kappa shape index (κ1) is 12.8. The van der Waals surface area contributed by atoms with E-state index in [0.29, 0.717) is 11.4 Å². The fourth-order valence-corrected chi connectivity index (χ4v) is 1.85. The number of rotatable bonds is 2. The molecule has 1 heterocycles. The first-order valence-electron chi connectivity index (χ1n) is 5.40. The fraction of sp³-hybridized carbons (Fsp3) is 0.273. The summed E-state index contributed by atoms with van der Waals surface area (Å²) in [6.45, 7) is 4.72. The lowest BCUT2D eigenvalue weighted by atomic mass is 10.1. The number of nitro groups is 2. The van der Waals surface area contributed by atoms with Crippen molar-refractivity contribution in [2.75, 3.05) is 0 Å². The van der Waals surface area contributed by atoms with Crippen molar-refractivity contribution in [2.24, 2.45) is 0 Å². The Bertz CT molecular complexity index is 726. The average Bonchev–Trinajstić information content (AvgIpc) is 2.29. The minimum absolute atomic E-state index is 0.0138. The highest BCUT2D eigenvalue weighted by Gasteiger charge is 2.27. The van der Waals surface area contributed by atoms with Gasteiger partial charge >= 0.3 is 5.69 Å². The highest BCUT2D eigenvalue weighted by atomic mass is 16.6. The smallest absolute Gasteiger partial charge is 0.258 e. The number of fused-ring (bicyclic) bond motifs is 1. The molecule has 1 aromatic carbocycles. The van der Waals surface area contributed by atoms with Crippen molar-refractivity contribution >= 4 is 22.4 Å². The summed E-state index contributed by atoms with van der Waals surface area (Å²) in [5.41, 5.74) is 0.684. The van der Waals surface area contributed by atoms with Crippen molar-refractivity contribution < 1.29 is 9.85 Å². The Morgan fingerprint density at radius 3 is 2.11 bits per heavy atom. The van der Waals surface area contributed by atoms with Crippen molar-refractivity contribution in [1.82, 2.24) is 9.97 Å². The van der Waals surface area contributed by atoms with Gasteiger partial charge in [0.25, 0.3) is 5.69 Å². The van der Waals surface area contributed by atoms with Crippen LogP contribution in [0.25, 0.3) is 11.0 Å². The van der Waals surface area contributed by atoms with Gasteiger partial charge in [-0.1, -0.05) is 0 Å². The van der Waals surface area contributed by atoms with Crippen LogP contribution in [0.15, 0.2) is 6.07 Å². The summed E-state index contributed by atoms with van der Waals surface area (Å²) in [5.74, 6) is 0. The van der Waals surface area contributed by atoms with Gasteiger partial charge in [0.05, 0.1) is 21.2 Å². The van der Waals surface area contributed by atoms with Crippen LogP contribution in [0.5, 0.6) is 0 Å². The normalized spacial score (nSPS) is 10.7. The summed E-state index contributed by atoms with van der Waals surface area (Å²) in [7, 11) is 0. The Balaban J connectivity index is 3.00. The molecule has 2 rings (SSSR count). The van der Waals surface area contributed by atoms with Crippen LogP contribution in [0.3, 0.4) is 0 Å². The quantitative estimate of drug-likeness (QED) is 0.606. The van der Waals surface area contributed by atoms with Gasteiger partial charge in [0.15, 0.2) is 5.52 Å². The van der Waals surface area contributed by atoms with E-state index < -0.39 is 9.85 Å². The second-order valence-electron chi connectivity index (χ2n) is 4.15. The van der Waals surface area contributed by atoms with Crippen molar-refractivity contribution in [3.05, 3.63) is 43.2 Å². The first-order chi connectivity index (χ1) is 8.82. The van der Waals surface area contributed by atoms with Crippen LogP contribution in [0.1, 0.15) is 17.0 Å². The molecular weight excluding hydrogens is 252 g/mol. The maximum atomic E-state index is 11.1. The van der Waals surface area contributed by atoms with E-state index in [1.54, 1.807) is 13.8 Å². The van der Waals surface area contributed by atoms with Crippen LogP contribution in [0.4, 0.5) is 11.4 Å². The zero-order valence-corrected chi connectivity index (χ0v) is 10.5. The van der Waals surface area contributed by atoms with E-state index >= 15 is 0 Å².